The lowest BCUT2D eigenvalue weighted by Crippen LogP contribution is -2.53. The monoisotopic (exact) mass is 287 g/mol. The van der Waals surface area contributed by atoms with Crippen molar-refractivity contribution in [2.45, 2.75) is 69.9 Å². The van der Waals surface area contributed by atoms with Gasteiger partial charge in [0.2, 0.25) is 0 Å². The van der Waals surface area contributed by atoms with Crippen LogP contribution in [0, 0.1) is 0 Å². The lowest BCUT2D eigenvalue weighted by Gasteiger charge is -2.46. The summed E-state index contributed by atoms with van der Waals surface area (Å²) in [6, 6.07) is 8.65. The fourth-order valence-corrected chi connectivity index (χ4v) is 4.33. The molecule has 1 aliphatic carbocycles. The van der Waals surface area contributed by atoms with Gasteiger partial charge in [0, 0.05) is 0 Å². The molecule has 0 spiro atoms. The number of likely N-dealkylation sites (tertiary alicyclic amines) is 1. The van der Waals surface area contributed by atoms with Gasteiger partial charge in [-0.25, -0.2) is 0 Å². The molecule has 1 unspecified atom stereocenters. The molecule has 0 amide bonds. The van der Waals surface area contributed by atoms with Crippen molar-refractivity contribution in [1.82, 2.24) is 4.90 Å². The van der Waals surface area contributed by atoms with Gasteiger partial charge >= 0.3 is 0 Å². The van der Waals surface area contributed by atoms with Crippen LogP contribution in [-0.4, -0.2) is 28.6 Å². The first-order valence-corrected chi connectivity index (χ1v) is 8.78. The summed E-state index contributed by atoms with van der Waals surface area (Å²) in [5, 5.41) is 11.1. The van der Waals surface area contributed by atoms with Gasteiger partial charge in [-0.1, -0.05) is 50.5 Å². The minimum atomic E-state index is -0.330. The van der Waals surface area contributed by atoms with Gasteiger partial charge in [-0.05, 0) is 56.3 Å². The molecular weight excluding hydrogens is 258 g/mol. The highest BCUT2D eigenvalue weighted by Gasteiger charge is 2.46. The van der Waals surface area contributed by atoms with Gasteiger partial charge in [0.25, 0.3) is 0 Å². The van der Waals surface area contributed by atoms with Gasteiger partial charge in [-0.3, -0.25) is 4.90 Å². The molecule has 3 rings (SSSR count). The molecule has 21 heavy (non-hydrogen) atoms. The second-order valence-electron chi connectivity index (χ2n) is 6.86. The zero-order valence-corrected chi connectivity index (χ0v) is 13.4. The molecule has 1 saturated carbocycles. The van der Waals surface area contributed by atoms with Gasteiger partial charge in [-0.2, -0.15) is 0 Å². The number of hydrogen-bond donors (Lipinski definition) is 1. The number of benzene rings is 1. The van der Waals surface area contributed by atoms with Crippen molar-refractivity contribution < 1.29 is 5.11 Å². The summed E-state index contributed by atoms with van der Waals surface area (Å²) in [5.41, 5.74) is 2.47. The minimum absolute atomic E-state index is 0.00809. The number of aliphatic hydroxyl groups is 1. The van der Waals surface area contributed by atoms with E-state index in [1.54, 1.807) is 0 Å². The Bertz CT molecular complexity index is 441. The van der Waals surface area contributed by atoms with Crippen LogP contribution in [0.3, 0.4) is 0 Å². The third-order valence-electron chi connectivity index (χ3n) is 5.67. The summed E-state index contributed by atoms with van der Waals surface area (Å²) in [7, 11) is 0. The van der Waals surface area contributed by atoms with Gasteiger partial charge in [-0.15, -0.1) is 0 Å². The van der Waals surface area contributed by atoms with Gasteiger partial charge in [0.05, 0.1) is 11.6 Å². The Morgan fingerprint density at radius 2 is 1.62 bits per heavy atom. The standard InChI is InChI=1S/C19H29NO/c1-2-16-8-10-17(11-9-16)18(21)19(12-4-5-13-19)20-14-6-3-7-15-20/h8-11,18,21H,2-7,12-15H2,1H3. The van der Waals surface area contributed by atoms with Crippen LogP contribution in [0.25, 0.3) is 0 Å². The zero-order chi connectivity index (χ0) is 14.7. The molecule has 0 aromatic heterocycles. The molecule has 2 nitrogen and oxygen atoms in total. The van der Waals surface area contributed by atoms with Crippen LogP contribution in [0.15, 0.2) is 24.3 Å². The van der Waals surface area contributed by atoms with Gasteiger partial charge < -0.3 is 5.11 Å². The van der Waals surface area contributed by atoms with E-state index in [9.17, 15) is 5.11 Å². The van der Waals surface area contributed by atoms with E-state index in [2.05, 4.69) is 36.1 Å². The Labute approximate surface area is 129 Å². The third kappa shape index (κ3) is 2.89. The van der Waals surface area contributed by atoms with E-state index in [0.29, 0.717) is 0 Å². The molecule has 1 N–H and O–H groups in total. The first-order chi connectivity index (χ1) is 10.3. The Morgan fingerprint density at radius 1 is 1.00 bits per heavy atom. The average Bonchev–Trinajstić information content (AvgIpc) is 3.06. The Balaban J connectivity index is 1.84. The number of aryl methyl sites for hydroxylation is 1. The summed E-state index contributed by atoms with van der Waals surface area (Å²) in [6.45, 7) is 4.52. The van der Waals surface area contributed by atoms with E-state index < -0.39 is 0 Å². The van der Waals surface area contributed by atoms with Crippen LogP contribution in [0.5, 0.6) is 0 Å². The van der Waals surface area contributed by atoms with E-state index in [1.165, 1.54) is 50.8 Å². The SMILES string of the molecule is CCc1ccc(C(O)C2(N3CCCCC3)CCCC2)cc1. The third-order valence-corrected chi connectivity index (χ3v) is 5.67. The second-order valence-corrected chi connectivity index (χ2v) is 6.86. The lowest BCUT2D eigenvalue weighted by molar-refractivity contribution is -0.0405. The molecule has 2 fully saturated rings. The molecule has 0 bridgehead atoms. The van der Waals surface area contributed by atoms with Crippen LogP contribution in [-0.2, 0) is 6.42 Å². The highest BCUT2D eigenvalue weighted by atomic mass is 16.3. The van der Waals surface area contributed by atoms with Crippen molar-refractivity contribution in [3.05, 3.63) is 35.4 Å². The summed E-state index contributed by atoms with van der Waals surface area (Å²) < 4.78 is 0. The largest absolute Gasteiger partial charge is 0.386 e. The molecular formula is C19H29NO. The number of aliphatic hydroxyl groups excluding tert-OH is 1. The second kappa shape index (κ2) is 6.50. The number of hydrogen-bond acceptors (Lipinski definition) is 2. The molecule has 1 aromatic carbocycles. The van der Waals surface area contributed by atoms with Crippen molar-refractivity contribution in [3.63, 3.8) is 0 Å². The van der Waals surface area contributed by atoms with Crippen molar-refractivity contribution in [2.24, 2.45) is 0 Å². The molecule has 2 aliphatic rings. The molecule has 0 radical (unpaired) electrons. The fourth-order valence-electron chi connectivity index (χ4n) is 4.33. The topological polar surface area (TPSA) is 23.5 Å². The van der Waals surface area contributed by atoms with Crippen LogP contribution in [0.1, 0.15) is 69.1 Å². The molecule has 116 valence electrons. The summed E-state index contributed by atoms with van der Waals surface area (Å²) in [4.78, 5) is 2.61. The molecule has 1 saturated heterocycles. The maximum atomic E-state index is 11.1. The summed E-state index contributed by atoms with van der Waals surface area (Å²) in [6.07, 6.45) is 9.52. The quantitative estimate of drug-likeness (QED) is 0.902. The Morgan fingerprint density at radius 3 is 2.19 bits per heavy atom. The van der Waals surface area contributed by atoms with Gasteiger partial charge in [0.15, 0.2) is 0 Å². The molecule has 2 heteroatoms. The molecule has 1 heterocycles. The van der Waals surface area contributed by atoms with E-state index in [4.69, 9.17) is 0 Å². The van der Waals surface area contributed by atoms with Crippen LogP contribution >= 0.6 is 0 Å². The molecule has 1 aromatic rings. The van der Waals surface area contributed by atoms with Crippen LogP contribution in [0.4, 0.5) is 0 Å². The average molecular weight is 287 g/mol. The number of rotatable bonds is 4. The van der Waals surface area contributed by atoms with Crippen LogP contribution in [0.2, 0.25) is 0 Å². The number of piperidine rings is 1. The first-order valence-electron chi connectivity index (χ1n) is 8.78. The van der Waals surface area contributed by atoms with Crippen LogP contribution < -0.4 is 0 Å². The van der Waals surface area contributed by atoms with Crippen molar-refractivity contribution >= 4 is 0 Å². The molecule has 1 atom stereocenters. The van der Waals surface area contributed by atoms with E-state index in [0.717, 1.165) is 24.8 Å². The summed E-state index contributed by atoms with van der Waals surface area (Å²) >= 11 is 0. The lowest BCUT2D eigenvalue weighted by atomic mass is 9.82. The highest BCUT2D eigenvalue weighted by Crippen LogP contribution is 2.45. The zero-order valence-electron chi connectivity index (χ0n) is 13.4. The normalized spacial score (nSPS) is 24.1. The predicted octanol–water partition coefficient (Wildman–Crippen LogP) is 4.08. The maximum absolute atomic E-state index is 11.1. The molecule has 1 aliphatic heterocycles. The van der Waals surface area contributed by atoms with Crippen molar-refractivity contribution in [3.8, 4) is 0 Å². The van der Waals surface area contributed by atoms with Crippen molar-refractivity contribution in [2.75, 3.05) is 13.1 Å². The fraction of sp³-hybridized carbons (Fsp3) is 0.684. The van der Waals surface area contributed by atoms with E-state index >= 15 is 0 Å². The number of nitrogens with zero attached hydrogens (tertiary/aromatic N) is 1. The Kier molecular flexibility index (Phi) is 4.66. The van der Waals surface area contributed by atoms with E-state index in [-0.39, 0.29) is 11.6 Å². The highest BCUT2D eigenvalue weighted by molar-refractivity contribution is 5.27. The predicted molar refractivity (Wildman–Crippen MR) is 87.4 cm³/mol. The van der Waals surface area contributed by atoms with Crippen molar-refractivity contribution in [1.29, 1.82) is 0 Å². The van der Waals surface area contributed by atoms with Gasteiger partial charge in [0.1, 0.15) is 0 Å². The minimum Gasteiger partial charge on any atom is -0.386 e. The van der Waals surface area contributed by atoms with E-state index in [1.807, 2.05) is 0 Å². The maximum Gasteiger partial charge on any atom is 0.0973 e. The summed E-state index contributed by atoms with van der Waals surface area (Å²) in [5.74, 6) is 0. The Hall–Kier alpha value is -0.860. The smallest absolute Gasteiger partial charge is 0.0973 e. The first kappa shape index (κ1) is 15.1.